The van der Waals surface area contributed by atoms with Crippen LogP contribution in [0, 0.1) is 0 Å². The zero-order valence-corrected chi connectivity index (χ0v) is 6.56. The molecule has 0 amide bonds. The smallest absolute Gasteiger partial charge is 0.121 e. The van der Waals surface area contributed by atoms with Crippen LogP contribution in [0.5, 0.6) is 0 Å². The number of hydrogen-bond acceptors (Lipinski definition) is 4. The third-order valence-electron chi connectivity index (χ3n) is 1.78. The molecule has 1 aliphatic rings. The van der Waals surface area contributed by atoms with Crippen LogP contribution in [0.2, 0.25) is 0 Å². The molecule has 1 aromatic rings. The fourth-order valence-electron chi connectivity index (χ4n) is 1.19. The van der Waals surface area contributed by atoms with E-state index in [1.807, 2.05) is 6.07 Å². The maximum Gasteiger partial charge on any atom is 0.121 e. The molecule has 0 fully saturated rings. The van der Waals surface area contributed by atoms with E-state index in [1.54, 1.807) is 12.5 Å². The minimum atomic E-state index is 0.0116. The van der Waals surface area contributed by atoms with Crippen molar-refractivity contribution in [3.05, 3.63) is 24.2 Å². The van der Waals surface area contributed by atoms with Crippen molar-refractivity contribution in [1.29, 1.82) is 0 Å². The summed E-state index contributed by atoms with van der Waals surface area (Å²) in [6.07, 6.45) is 3.28. The van der Waals surface area contributed by atoms with Crippen LogP contribution in [0.1, 0.15) is 11.6 Å². The van der Waals surface area contributed by atoms with Gasteiger partial charge < -0.3 is 14.9 Å². The van der Waals surface area contributed by atoms with Crippen molar-refractivity contribution in [2.75, 3.05) is 13.2 Å². The number of nitrogens with zero attached hydrogens (tertiary/aromatic N) is 1. The number of aliphatic imine (C=N–C) groups is 1. The zero-order valence-electron chi connectivity index (χ0n) is 6.56. The predicted octanol–water partition coefficient (Wildman–Crippen LogP) is 0.708. The summed E-state index contributed by atoms with van der Waals surface area (Å²) < 4.78 is 10.2. The number of hydrogen-bond donors (Lipinski definition) is 1. The highest BCUT2D eigenvalue weighted by molar-refractivity contribution is 5.82. The molecular weight excluding hydrogens is 156 g/mol. The zero-order chi connectivity index (χ0) is 8.39. The first-order chi connectivity index (χ1) is 5.86. The average Bonchev–Trinajstić information content (AvgIpc) is 2.56. The van der Waals surface area contributed by atoms with E-state index >= 15 is 0 Å². The van der Waals surface area contributed by atoms with Gasteiger partial charge in [0.2, 0.25) is 0 Å². The molecule has 1 aliphatic heterocycles. The summed E-state index contributed by atoms with van der Waals surface area (Å²) in [7, 11) is 0. The van der Waals surface area contributed by atoms with Crippen molar-refractivity contribution in [2.24, 2.45) is 10.7 Å². The Morgan fingerprint density at radius 1 is 1.58 bits per heavy atom. The Labute approximate surface area is 70.0 Å². The third kappa shape index (κ3) is 1.33. The molecule has 4 heteroatoms. The number of rotatable bonds is 1. The van der Waals surface area contributed by atoms with E-state index in [0.717, 1.165) is 5.56 Å². The molecule has 0 saturated heterocycles. The van der Waals surface area contributed by atoms with Crippen LogP contribution in [-0.4, -0.2) is 19.0 Å². The largest absolute Gasteiger partial charge is 0.472 e. The molecule has 0 saturated carbocycles. The van der Waals surface area contributed by atoms with Gasteiger partial charge in [-0.3, -0.25) is 4.99 Å². The van der Waals surface area contributed by atoms with Crippen molar-refractivity contribution < 1.29 is 9.15 Å². The van der Waals surface area contributed by atoms with Gasteiger partial charge in [-0.2, -0.15) is 0 Å². The summed E-state index contributed by atoms with van der Waals surface area (Å²) >= 11 is 0. The molecule has 0 unspecified atom stereocenters. The number of nitrogens with two attached hydrogens (primary N) is 1. The second-order valence-electron chi connectivity index (χ2n) is 2.71. The monoisotopic (exact) mass is 166 g/mol. The van der Waals surface area contributed by atoms with Gasteiger partial charge in [-0.25, -0.2) is 0 Å². The summed E-state index contributed by atoms with van der Waals surface area (Å²) in [5.41, 5.74) is 6.54. The van der Waals surface area contributed by atoms with E-state index in [4.69, 9.17) is 14.9 Å². The molecule has 0 bridgehead atoms. The molecule has 0 spiro atoms. The van der Waals surface area contributed by atoms with Gasteiger partial charge in [0.1, 0.15) is 18.5 Å². The van der Waals surface area contributed by atoms with Crippen LogP contribution in [0.15, 0.2) is 28.0 Å². The lowest BCUT2D eigenvalue weighted by atomic mass is 10.1. The van der Waals surface area contributed by atoms with E-state index < -0.39 is 0 Å². The Hall–Kier alpha value is -1.29. The molecule has 2 heterocycles. The van der Waals surface area contributed by atoms with Crippen molar-refractivity contribution in [2.45, 2.75) is 6.04 Å². The van der Waals surface area contributed by atoms with Gasteiger partial charge in [-0.05, 0) is 6.07 Å². The molecule has 4 nitrogen and oxygen atoms in total. The van der Waals surface area contributed by atoms with Gasteiger partial charge in [0.15, 0.2) is 0 Å². The van der Waals surface area contributed by atoms with E-state index in [9.17, 15) is 0 Å². The molecule has 2 N–H and O–H groups in total. The van der Waals surface area contributed by atoms with Crippen LogP contribution >= 0.6 is 0 Å². The fourth-order valence-corrected chi connectivity index (χ4v) is 1.19. The summed E-state index contributed by atoms with van der Waals surface area (Å²) in [5.74, 6) is 0.549. The van der Waals surface area contributed by atoms with Gasteiger partial charge >= 0.3 is 0 Å². The fraction of sp³-hybridized carbons (Fsp3) is 0.375. The van der Waals surface area contributed by atoms with Crippen LogP contribution in [0.3, 0.4) is 0 Å². The van der Waals surface area contributed by atoms with Crippen molar-refractivity contribution in [1.82, 2.24) is 0 Å². The van der Waals surface area contributed by atoms with E-state index in [-0.39, 0.29) is 6.04 Å². The maximum atomic E-state index is 5.53. The van der Waals surface area contributed by atoms with Crippen molar-refractivity contribution in [3.8, 4) is 0 Å². The SMILES string of the molecule is NC1=N[C@@H](c2ccoc2)COC1. The summed E-state index contributed by atoms with van der Waals surface area (Å²) in [4.78, 5) is 4.23. The number of amidine groups is 1. The van der Waals surface area contributed by atoms with Crippen molar-refractivity contribution >= 4 is 5.84 Å². The highest BCUT2D eigenvalue weighted by Crippen LogP contribution is 2.20. The Balaban J connectivity index is 2.20. The minimum absolute atomic E-state index is 0.0116. The highest BCUT2D eigenvalue weighted by atomic mass is 16.5. The molecule has 64 valence electrons. The van der Waals surface area contributed by atoms with Gasteiger partial charge in [0.05, 0.1) is 19.1 Å². The van der Waals surface area contributed by atoms with Crippen LogP contribution in [0.25, 0.3) is 0 Å². The molecule has 1 aromatic heterocycles. The molecular formula is C8H10N2O2. The normalized spacial score (nSPS) is 23.7. The van der Waals surface area contributed by atoms with E-state index in [2.05, 4.69) is 4.99 Å². The number of furan rings is 1. The average molecular weight is 166 g/mol. The summed E-state index contributed by atoms with van der Waals surface area (Å²) in [5, 5.41) is 0. The molecule has 0 aromatic carbocycles. The maximum absolute atomic E-state index is 5.53. The predicted molar refractivity (Wildman–Crippen MR) is 43.9 cm³/mol. The third-order valence-corrected chi connectivity index (χ3v) is 1.78. The Kier molecular flexibility index (Phi) is 1.83. The Morgan fingerprint density at radius 2 is 2.50 bits per heavy atom. The van der Waals surface area contributed by atoms with Crippen LogP contribution in [-0.2, 0) is 4.74 Å². The van der Waals surface area contributed by atoms with Crippen molar-refractivity contribution in [3.63, 3.8) is 0 Å². The lowest BCUT2D eigenvalue weighted by molar-refractivity contribution is 0.143. The number of ether oxygens (including phenoxy) is 1. The van der Waals surface area contributed by atoms with E-state index in [0.29, 0.717) is 19.0 Å². The Morgan fingerprint density at radius 3 is 3.17 bits per heavy atom. The quantitative estimate of drug-likeness (QED) is 0.668. The molecule has 12 heavy (non-hydrogen) atoms. The second kappa shape index (κ2) is 2.98. The van der Waals surface area contributed by atoms with Gasteiger partial charge in [0, 0.05) is 5.56 Å². The summed E-state index contributed by atoms with van der Waals surface area (Å²) in [6.45, 7) is 1.02. The topological polar surface area (TPSA) is 60.8 Å². The molecule has 2 rings (SSSR count). The first kappa shape index (κ1) is 7.36. The summed E-state index contributed by atoms with van der Waals surface area (Å²) in [6, 6.07) is 1.88. The Bertz CT molecular complexity index is 279. The second-order valence-corrected chi connectivity index (χ2v) is 2.71. The molecule has 0 aliphatic carbocycles. The van der Waals surface area contributed by atoms with Gasteiger partial charge in [-0.15, -0.1) is 0 Å². The highest BCUT2D eigenvalue weighted by Gasteiger charge is 2.16. The first-order valence-corrected chi connectivity index (χ1v) is 3.78. The van der Waals surface area contributed by atoms with Crippen LogP contribution < -0.4 is 5.73 Å². The minimum Gasteiger partial charge on any atom is -0.472 e. The first-order valence-electron chi connectivity index (χ1n) is 3.78. The van der Waals surface area contributed by atoms with E-state index in [1.165, 1.54) is 0 Å². The molecule has 1 atom stereocenters. The van der Waals surface area contributed by atoms with Gasteiger partial charge in [-0.1, -0.05) is 0 Å². The lowest BCUT2D eigenvalue weighted by Crippen LogP contribution is -2.27. The molecule has 0 radical (unpaired) electrons. The lowest BCUT2D eigenvalue weighted by Gasteiger charge is -2.17. The van der Waals surface area contributed by atoms with Crippen LogP contribution in [0.4, 0.5) is 0 Å². The van der Waals surface area contributed by atoms with Gasteiger partial charge in [0.25, 0.3) is 0 Å². The standard InChI is InChI=1S/C8H10N2O2/c9-8-5-12-4-7(10-8)6-1-2-11-3-6/h1-3,7H,4-5H2,(H2,9,10)/t7-/m1/s1.